The van der Waals surface area contributed by atoms with Crippen molar-refractivity contribution in [2.45, 2.75) is 38.6 Å². The van der Waals surface area contributed by atoms with Crippen LogP contribution in [-0.4, -0.2) is 42.8 Å². The number of alkyl halides is 3. The number of rotatable bonds is 5. The van der Waals surface area contributed by atoms with Gasteiger partial charge < -0.3 is 14.0 Å². The van der Waals surface area contributed by atoms with E-state index in [1.165, 1.54) is 19.2 Å². The summed E-state index contributed by atoms with van der Waals surface area (Å²) in [6.07, 6.45) is 0.132. The van der Waals surface area contributed by atoms with E-state index in [1.54, 1.807) is 29.2 Å². The van der Waals surface area contributed by atoms with Crippen molar-refractivity contribution in [2.75, 3.05) is 7.11 Å². The summed E-state index contributed by atoms with van der Waals surface area (Å²) in [5.41, 5.74) is 2.50. The molecule has 1 unspecified atom stereocenters. The van der Waals surface area contributed by atoms with E-state index in [-0.39, 0.29) is 11.7 Å². The molecular formula is C23H21F3N6O2. The summed E-state index contributed by atoms with van der Waals surface area (Å²) in [7, 11) is 1.53. The molecule has 1 aliphatic rings. The number of methoxy groups -OCH3 is 1. The van der Waals surface area contributed by atoms with Crippen molar-refractivity contribution >= 4 is 0 Å². The lowest BCUT2D eigenvalue weighted by Crippen LogP contribution is -2.21. The Morgan fingerprint density at radius 2 is 1.91 bits per heavy atom. The molecule has 0 N–H and O–H groups in total. The zero-order valence-electron chi connectivity index (χ0n) is 18.5. The van der Waals surface area contributed by atoms with E-state index in [4.69, 9.17) is 4.74 Å². The summed E-state index contributed by atoms with van der Waals surface area (Å²) in [6.45, 7) is 2.50. The molecule has 176 valence electrons. The highest BCUT2D eigenvalue weighted by molar-refractivity contribution is 5.56. The van der Waals surface area contributed by atoms with Crippen molar-refractivity contribution < 1.29 is 22.6 Å². The van der Waals surface area contributed by atoms with Crippen LogP contribution in [-0.2, 0) is 6.54 Å². The van der Waals surface area contributed by atoms with Crippen LogP contribution in [0.5, 0.6) is 11.6 Å². The number of nitrogens with zero attached hydrogens (tertiary/aromatic N) is 6. The Bertz CT molecular complexity index is 1330. The van der Waals surface area contributed by atoms with Gasteiger partial charge in [0.25, 0.3) is 0 Å². The van der Waals surface area contributed by atoms with Gasteiger partial charge in [-0.1, -0.05) is 18.2 Å². The van der Waals surface area contributed by atoms with E-state index in [2.05, 4.69) is 24.8 Å². The molecule has 1 atom stereocenters. The molecular weight excluding hydrogens is 449 g/mol. The van der Waals surface area contributed by atoms with Gasteiger partial charge in [0.05, 0.1) is 19.1 Å². The van der Waals surface area contributed by atoms with Gasteiger partial charge in [-0.25, -0.2) is 19.6 Å². The Kier molecular flexibility index (Phi) is 5.46. The quantitative estimate of drug-likeness (QED) is 0.422. The average Bonchev–Trinajstić information content (AvgIpc) is 3.44. The van der Waals surface area contributed by atoms with Crippen LogP contribution in [0.4, 0.5) is 13.2 Å². The maximum absolute atomic E-state index is 13.0. The summed E-state index contributed by atoms with van der Waals surface area (Å²) < 4.78 is 52.2. The Morgan fingerprint density at radius 3 is 2.65 bits per heavy atom. The maximum Gasteiger partial charge on any atom is 0.573 e. The highest BCUT2D eigenvalue weighted by Gasteiger charge is 2.35. The van der Waals surface area contributed by atoms with Crippen molar-refractivity contribution in [1.82, 2.24) is 29.3 Å². The molecule has 3 aromatic heterocycles. The highest BCUT2D eigenvalue weighted by atomic mass is 19.4. The number of fused-ring (bicyclic) bond motifs is 1. The molecule has 0 saturated heterocycles. The fraction of sp³-hybridized carbons (Fsp3) is 0.304. The number of aromatic nitrogens is 6. The van der Waals surface area contributed by atoms with Gasteiger partial charge in [0.15, 0.2) is 5.82 Å². The molecule has 4 aromatic rings. The zero-order valence-corrected chi connectivity index (χ0v) is 18.5. The first kappa shape index (κ1) is 21.9. The van der Waals surface area contributed by atoms with Crippen molar-refractivity contribution in [1.29, 1.82) is 0 Å². The molecule has 0 aliphatic carbocycles. The molecule has 0 saturated carbocycles. The average molecular weight is 470 g/mol. The molecule has 4 heterocycles. The standard InChI is InChI=1S/C23H21F3N6O2/c1-14-12-31(13-27-14)18-10-9-17(28-22(18)33-2)20-29-21-16(7-5-11-32(21)30-20)15-6-3-4-8-19(15)34-23(24,25)26/h3-4,6,8-10,12-13,16H,5,7,11H2,1-2H3. The molecule has 8 nitrogen and oxygen atoms in total. The van der Waals surface area contributed by atoms with Gasteiger partial charge in [0, 0.05) is 24.2 Å². The van der Waals surface area contributed by atoms with Crippen LogP contribution in [0.2, 0.25) is 0 Å². The van der Waals surface area contributed by atoms with Crippen LogP contribution in [0.25, 0.3) is 17.2 Å². The summed E-state index contributed by atoms with van der Waals surface area (Å²) in [4.78, 5) is 13.5. The molecule has 1 aliphatic heterocycles. The van der Waals surface area contributed by atoms with Gasteiger partial charge in [-0.3, -0.25) is 0 Å². The summed E-state index contributed by atoms with van der Waals surface area (Å²) >= 11 is 0. The van der Waals surface area contributed by atoms with Crippen molar-refractivity contribution in [3.8, 4) is 28.8 Å². The molecule has 0 fully saturated rings. The first-order valence-electron chi connectivity index (χ1n) is 10.7. The number of imidazole rings is 1. The molecule has 0 bridgehead atoms. The monoisotopic (exact) mass is 470 g/mol. The second kappa shape index (κ2) is 8.47. The predicted octanol–water partition coefficient (Wildman–Crippen LogP) is 4.67. The molecule has 0 spiro atoms. The van der Waals surface area contributed by atoms with Gasteiger partial charge in [-0.15, -0.1) is 18.3 Å². The smallest absolute Gasteiger partial charge is 0.479 e. The first-order valence-corrected chi connectivity index (χ1v) is 10.7. The van der Waals surface area contributed by atoms with Gasteiger partial charge >= 0.3 is 6.36 Å². The molecule has 11 heteroatoms. The molecule has 0 radical (unpaired) electrons. The number of hydrogen-bond donors (Lipinski definition) is 0. The lowest BCUT2D eigenvalue weighted by Gasteiger charge is -2.24. The summed E-state index contributed by atoms with van der Waals surface area (Å²) in [5, 5.41) is 4.59. The zero-order chi connectivity index (χ0) is 23.9. The van der Waals surface area contributed by atoms with E-state index < -0.39 is 6.36 Å². The lowest BCUT2D eigenvalue weighted by molar-refractivity contribution is -0.275. The normalized spacial score (nSPS) is 15.7. The number of hydrogen-bond acceptors (Lipinski definition) is 6. The lowest BCUT2D eigenvalue weighted by atomic mass is 9.90. The summed E-state index contributed by atoms with van der Waals surface area (Å²) in [5.74, 6) is 0.724. The fourth-order valence-electron chi connectivity index (χ4n) is 4.20. The largest absolute Gasteiger partial charge is 0.573 e. The minimum absolute atomic E-state index is 0.224. The predicted molar refractivity (Wildman–Crippen MR) is 116 cm³/mol. The molecule has 34 heavy (non-hydrogen) atoms. The van der Waals surface area contributed by atoms with E-state index in [0.717, 1.165) is 12.1 Å². The number of halogens is 3. The first-order chi connectivity index (χ1) is 16.3. The molecule has 1 aromatic carbocycles. The second-order valence-electron chi connectivity index (χ2n) is 7.94. The van der Waals surface area contributed by atoms with Crippen LogP contribution in [0.3, 0.4) is 0 Å². The second-order valence-corrected chi connectivity index (χ2v) is 7.94. The van der Waals surface area contributed by atoms with Gasteiger partial charge in [-0.2, -0.15) is 0 Å². The number of ether oxygens (including phenoxy) is 2. The minimum atomic E-state index is -4.78. The third kappa shape index (κ3) is 4.20. The fourth-order valence-corrected chi connectivity index (χ4v) is 4.20. The summed E-state index contributed by atoms with van der Waals surface area (Å²) in [6, 6.07) is 9.79. The Balaban J connectivity index is 1.52. The molecule has 0 amide bonds. The van der Waals surface area contributed by atoms with Crippen molar-refractivity contribution in [2.24, 2.45) is 0 Å². The van der Waals surface area contributed by atoms with Crippen molar-refractivity contribution in [3.63, 3.8) is 0 Å². The van der Waals surface area contributed by atoms with Gasteiger partial charge in [0.1, 0.15) is 23.0 Å². The van der Waals surface area contributed by atoms with E-state index >= 15 is 0 Å². The van der Waals surface area contributed by atoms with Gasteiger partial charge in [-0.05, 0) is 38.0 Å². The van der Waals surface area contributed by atoms with Gasteiger partial charge in [0.2, 0.25) is 5.88 Å². The minimum Gasteiger partial charge on any atom is -0.479 e. The Labute approximate surface area is 193 Å². The third-order valence-electron chi connectivity index (χ3n) is 5.65. The number of para-hydroxylation sites is 1. The van der Waals surface area contributed by atoms with E-state index in [1.807, 2.05) is 23.8 Å². The number of pyridine rings is 1. The molecule has 5 rings (SSSR count). The van der Waals surface area contributed by atoms with E-state index in [0.29, 0.717) is 47.4 Å². The van der Waals surface area contributed by atoms with Crippen LogP contribution >= 0.6 is 0 Å². The Hall–Kier alpha value is -3.89. The number of aryl methyl sites for hydroxylation is 2. The van der Waals surface area contributed by atoms with Crippen molar-refractivity contribution in [3.05, 3.63) is 66.0 Å². The SMILES string of the molecule is COc1nc(-c2nc3n(n2)CCCC3c2ccccc2OC(F)(F)F)ccc1-n1cnc(C)c1. The van der Waals surface area contributed by atoms with Crippen LogP contribution in [0.15, 0.2) is 48.9 Å². The van der Waals surface area contributed by atoms with Crippen LogP contribution in [0, 0.1) is 6.92 Å². The number of benzene rings is 1. The Morgan fingerprint density at radius 1 is 1.09 bits per heavy atom. The third-order valence-corrected chi connectivity index (χ3v) is 5.65. The van der Waals surface area contributed by atoms with E-state index in [9.17, 15) is 13.2 Å². The maximum atomic E-state index is 13.0. The van der Waals surface area contributed by atoms with Crippen LogP contribution < -0.4 is 9.47 Å². The highest BCUT2D eigenvalue weighted by Crippen LogP contribution is 2.39. The topological polar surface area (TPSA) is 79.9 Å². The van der Waals surface area contributed by atoms with Crippen LogP contribution in [0.1, 0.15) is 35.8 Å².